The van der Waals surface area contributed by atoms with Crippen molar-refractivity contribution in [2.75, 3.05) is 11.9 Å². The van der Waals surface area contributed by atoms with E-state index in [1.54, 1.807) is 0 Å². The first-order valence-electron chi connectivity index (χ1n) is 5.37. The topological polar surface area (TPSA) is 3.24 Å². The third-order valence-electron chi connectivity index (χ3n) is 2.59. The minimum atomic E-state index is 0. The van der Waals surface area contributed by atoms with Gasteiger partial charge in [-0.1, -0.05) is 25.2 Å². The maximum Gasteiger partial charge on any atom is 0 e. The zero-order chi connectivity index (χ0) is 11.4. The number of hydrogen-bond donors (Lipinski definition) is 0. The van der Waals surface area contributed by atoms with Crippen LogP contribution in [0.5, 0.6) is 0 Å². The van der Waals surface area contributed by atoms with E-state index in [4.69, 9.17) is 0 Å². The Morgan fingerprint density at radius 3 is 2.41 bits per heavy atom. The number of aryl methyl sites for hydroxylation is 1. The van der Waals surface area contributed by atoms with Crippen molar-refractivity contribution < 1.29 is 32.7 Å². The summed E-state index contributed by atoms with van der Waals surface area (Å²) in [4.78, 5) is 2.09. The van der Waals surface area contributed by atoms with E-state index in [1.807, 2.05) is 25.2 Å². The summed E-state index contributed by atoms with van der Waals surface area (Å²) in [6.45, 7) is 4.25. The molecule has 0 aliphatic rings. The summed E-state index contributed by atoms with van der Waals surface area (Å²) < 4.78 is 0. The number of hydrogen-bond acceptors (Lipinski definition) is 1. The Kier molecular flexibility index (Phi) is 5.74. The van der Waals surface area contributed by atoms with Crippen molar-refractivity contribution in [1.82, 2.24) is 0 Å². The standard InChI is InChI=1S/C15H15N.Y/c1-13-8-6-7-9-14(13)12-16(2)15-10-4-3-5-11-15;/h3-10,12H,1-2H3;/q-2;. The van der Waals surface area contributed by atoms with Gasteiger partial charge in [-0.15, -0.1) is 18.2 Å². The first kappa shape index (κ1) is 14.3. The normalized spacial score (nSPS) is 9.29. The summed E-state index contributed by atoms with van der Waals surface area (Å²) in [5, 5.41) is 0. The van der Waals surface area contributed by atoms with E-state index >= 15 is 0 Å². The van der Waals surface area contributed by atoms with Gasteiger partial charge in [0.25, 0.3) is 0 Å². The van der Waals surface area contributed by atoms with Crippen LogP contribution in [0.1, 0.15) is 11.1 Å². The van der Waals surface area contributed by atoms with Crippen LogP contribution in [-0.2, 0) is 32.7 Å². The van der Waals surface area contributed by atoms with Gasteiger partial charge in [0.1, 0.15) is 0 Å². The molecular weight excluding hydrogens is 283 g/mol. The zero-order valence-electron chi connectivity index (χ0n) is 10.2. The average molecular weight is 298 g/mol. The summed E-state index contributed by atoms with van der Waals surface area (Å²) in [6.07, 6.45) is 0. The largest absolute Gasteiger partial charge is 0.424 e. The second kappa shape index (κ2) is 6.83. The molecule has 0 N–H and O–H groups in total. The van der Waals surface area contributed by atoms with E-state index in [1.165, 1.54) is 11.1 Å². The first-order chi connectivity index (χ1) is 7.77. The Balaban J connectivity index is 0.00000144. The molecule has 17 heavy (non-hydrogen) atoms. The molecular formula is C15H15NY-2. The zero-order valence-corrected chi connectivity index (χ0v) is 13.1. The van der Waals surface area contributed by atoms with Crippen LogP contribution in [0.3, 0.4) is 0 Å². The fraction of sp³-hybridized carbons (Fsp3) is 0.133. The average Bonchev–Trinajstić information content (AvgIpc) is 2.33. The number of para-hydroxylation sites is 1. The van der Waals surface area contributed by atoms with E-state index in [9.17, 15) is 0 Å². The third-order valence-corrected chi connectivity index (χ3v) is 2.59. The number of rotatable bonds is 3. The molecule has 0 amide bonds. The van der Waals surface area contributed by atoms with Crippen LogP contribution in [0.25, 0.3) is 0 Å². The Hall–Kier alpha value is -0.786. The SMILES string of the molecule is Cc1ccccc1[CH-]N(C)c1[c-]cccc1.[Y]. The van der Waals surface area contributed by atoms with Gasteiger partial charge in [-0.25, -0.2) is 0 Å². The van der Waals surface area contributed by atoms with Crippen LogP contribution < -0.4 is 4.90 Å². The molecule has 0 bridgehead atoms. The molecule has 0 atom stereocenters. The van der Waals surface area contributed by atoms with Crippen LogP contribution in [0.15, 0.2) is 48.5 Å². The van der Waals surface area contributed by atoms with Gasteiger partial charge in [0.05, 0.1) is 0 Å². The quantitative estimate of drug-likeness (QED) is 0.785. The number of benzene rings is 2. The van der Waals surface area contributed by atoms with Crippen molar-refractivity contribution in [3.63, 3.8) is 0 Å². The Bertz CT molecular complexity index is 453. The van der Waals surface area contributed by atoms with Gasteiger partial charge in [-0.05, 0) is 7.05 Å². The molecule has 0 spiro atoms. The van der Waals surface area contributed by atoms with Crippen LogP contribution >= 0.6 is 0 Å². The number of anilines is 1. The smallest absolute Gasteiger partial charge is 0 e. The summed E-state index contributed by atoms with van der Waals surface area (Å²) in [5.74, 6) is 0. The predicted octanol–water partition coefficient (Wildman–Crippen LogP) is 3.44. The molecule has 85 valence electrons. The minimum Gasteiger partial charge on any atom is -0.424 e. The summed E-state index contributed by atoms with van der Waals surface area (Å²) in [5.41, 5.74) is 3.60. The predicted molar refractivity (Wildman–Crippen MR) is 68.3 cm³/mol. The van der Waals surface area contributed by atoms with E-state index in [2.05, 4.69) is 54.8 Å². The fourth-order valence-electron chi connectivity index (χ4n) is 1.61. The van der Waals surface area contributed by atoms with E-state index < -0.39 is 0 Å². The van der Waals surface area contributed by atoms with E-state index in [0.717, 1.165) is 5.69 Å². The maximum atomic E-state index is 3.20. The summed E-state index contributed by atoms with van der Waals surface area (Å²) >= 11 is 0. The summed E-state index contributed by atoms with van der Waals surface area (Å²) in [7, 11) is 2.04. The van der Waals surface area contributed by atoms with Crippen LogP contribution in [0.4, 0.5) is 5.69 Å². The molecule has 0 heterocycles. The van der Waals surface area contributed by atoms with E-state index in [0.29, 0.717) is 0 Å². The summed E-state index contributed by atoms with van der Waals surface area (Å²) in [6, 6.07) is 19.5. The van der Waals surface area contributed by atoms with Crippen molar-refractivity contribution in [1.29, 1.82) is 0 Å². The Labute approximate surface area is 129 Å². The number of nitrogens with zero attached hydrogens (tertiary/aromatic N) is 1. The van der Waals surface area contributed by atoms with Crippen LogP contribution in [-0.4, -0.2) is 7.05 Å². The van der Waals surface area contributed by atoms with Gasteiger partial charge >= 0.3 is 0 Å². The van der Waals surface area contributed by atoms with Crippen molar-refractivity contribution in [2.24, 2.45) is 0 Å². The molecule has 0 aliphatic heterocycles. The van der Waals surface area contributed by atoms with Gasteiger partial charge in [0, 0.05) is 32.7 Å². The van der Waals surface area contributed by atoms with E-state index in [-0.39, 0.29) is 32.7 Å². The molecule has 2 aromatic carbocycles. The molecule has 2 aromatic rings. The monoisotopic (exact) mass is 298 g/mol. The van der Waals surface area contributed by atoms with Gasteiger partial charge < -0.3 is 4.90 Å². The molecule has 2 heteroatoms. The minimum absolute atomic E-state index is 0. The first-order valence-corrected chi connectivity index (χ1v) is 5.37. The molecule has 0 aliphatic carbocycles. The molecule has 0 unspecified atom stereocenters. The third kappa shape index (κ3) is 3.87. The Morgan fingerprint density at radius 2 is 1.76 bits per heavy atom. The molecule has 0 aromatic heterocycles. The van der Waals surface area contributed by atoms with Gasteiger partial charge in [0.2, 0.25) is 0 Å². The second-order valence-corrected chi connectivity index (χ2v) is 3.84. The molecule has 0 fully saturated rings. The van der Waals surface area contributed by atoms with Crippen molar-refractivity contribution >= 4 is 5.69 Å². The maximum absolute atomic E-state index is 3.20. The molecule has 0 saturated carbocycles. The van der Waals surface area contributed by atoms with Gasteiger partial charge in [-0.3, -0.25) is 0 Å². The van der Waals surface area contributed by atoms with Crippen LogP contribution in [0.2, 0.25) is 0 Å². The van der Waals surface area contributed by atoms with Crippen molar-refractivity contribution in [3.05, 3.63) is 72.3 Å². The molecule has 2 rings (SSSR count). The van der Waals surface area contributed by atoms with Gasteiger partial charge in [-0.2, -0.15) is 41.5 Å². The van der Waals surface area contributed by atoms with Crippen LogP contribution in [0, 0.1) is 19.5 Å². The molecule has 1 nitrogen and oxygen atoms in total. The molecule has 0 saturated heterocycles. The fourth-order valence-corrected chi connectivity index (χ4v) is 1.61. The Morgan fingerprint density at radius 1 is 1.06 bits per heavy atom. The molecule has 1 radical (unpaired) electrons. The van der Waals surface area contributed by atoms with Gasteiger partial charge in [0.15, 0.2) is 0 Å². The second-order valence-electron chi connectivity index (χ2n) is 3.84. The van der Waals surface area contributed by atoms with Crippen molar-refractivity contribution in [2.45, 2.75) is 6.92 Å². The van der Waals surface area contributed by atoms with Crippen molar-refractivity contribution in [3.8, 4) is 0 Å².